The summed E-state index contributed by atoms with van der Waals surface area (Å²) in [4.78, 5) is 27.7. The third kappa shape index (κ3) is 8.07. The standard InChI is InChI=1S/C17H29BrN4O4/c1-16(2,3)25-14(23)19-9-8-10-22-11-12(18)21(7)13(22)20-15(24)26-17(4,5)6/h11H,8-10H2,1-7H3,(H,19,23)/b20-13-. The SMILES string of the molecule is Cn1c(Br)cn(CCCNC(=O)OC(C)(C)C)/c1=N\C(=O)OC(C)(C)C. The molecule has 1 heterocycles. The fraction of sp³-hybridized carbons (Fsp3) is 0.706. The molecule has 0 saturated carbocycles. The van der Waals surface area contributed by atoms with Crippen molar-refractivity contribution in [3.05, 3.63) is 16.4 Å². The van der Waals surface area contributed by atoms with Gasteiger partial charge in [0.2, 0.25) is 5.62 Å². The first kappa shape index (κ1) is 22.3. The zero-order chi connectivity index (χ0) is 20.1. The molecule has 0 aromatic carbocycles. The van der Waals surface area contributed by atoms with E-state index in [1.807, 2.05) is 31.5 Å². The van der Waals surface area contributed by atoms with Gasteiger partial charge in [0.25, 0.3) is 0 Å². The Morgan fingerprint density at radius 1 is 1.15 bits per heavy atom. The van der Waals surface area contributed by atoms with Gasteiger partial charge >= 0.3 is 12.2 Å². The minimum Gasteiger partial charge on any atom is -0.444 e. The molecule has 0 radical (unpaired) electrons. The lowest BCUT2D eigenvalue weighted by Gasteiger charge is -2.19. The minimum absolute atomic E-state index is 0.445. The number of imidazole rings is 1. The van der Waals surface area contributed by atoms with Crippen LogP contribution in [0.25, 0.3) is 0 Å². The normalized spacial score (nSPS) is 12.8. The summed E-state index contributed by atoms with van der Waals surface area (Å²) < 4.78 is 14.8. The molecule has 0 bridgehead atoms. The smallest absolute Gasteiger partial charge is 0.437 e. The third-order valence-corrected chi connectivity index (χ3v) is 3.71. The highest BCUT2D eigenvalue weighted by molar-refractivity contribution is 9.10. The van der Waals surface area contributed by atoms with Gasteiger partial charge < -0.3 is 23.9 Å². The Labute approximate surface area is 162 Å². The molecule has 0 saturated heterocycles. The van der Waals surface area contributed by atoms with Gasteiger partial charge in [0.1, 0.15) is 15.8 Å². The van der Waals surface area contributed by atoms with Gasteiger partial charge in [-0.05, 0) is 63.9 Å². The number of ether oxygens (including phenoxy) is 2. The van der Waals surface area contributed by atoms with Gasteiger partial charge in [-0.2, -0.15) is 0 Å². The number of carbonyl (C=O) groups is 2. The van der Waals surface area contributed by atoms with Gasteiger partial charge in [0.05, 0.1) is 0 Å². The molecule has 0 unspecified atom stereocenters. The number of nitrogens with zero attached hydrogens (tertiary/aromatic N) is 3. The van der Waals surface area contributed by atoms with E-state index >= 15 is 0 Å². The molecule has 0 aliphatic heterocycles. The van der Waals surface area contributed by atoms with Gasteiger partial charge in [-0.15, -0.1) is 4.99 Å². The molecular formula is C17H29BrN4O4. The highest BCUT2D eigenvalue weighted by Crippen LogP contribution is 2.09. The lowest BCUT2D eigenvalue weighted by molar-refractivity contribution is 0.0525. The third-order valence-electron chi connectivity index (χ3n) is 2.97. The highest BCUT2D eigenvalue weighted by Gasteiger charge is 2.17. The lowest BCUT2D eigenvalue weighted by atomic mass is 10.2. The monoisotopic (exact) mass is 432 g/mol. The molecule has 0 aliphatic carbocycles. The number of hydrogen-bond donors (Lipinski definition) is 1. The van der Waals surface area contributed by atoms with Crippen LogP contribution in [-0.2, 0) is 23.1 Å². The number of amides is 2. The fourth-order valence-electron chi connectivity index (χ4n) is 1.99. The van der Waals surface area contributed by atoms with Gasteiger partial charge in [-0.1, -0.05) is 0 Å². The Balaban J connectivity index is 2.72. The summed E-state index contributed by atoms with van der Waals surface area (Å²) in [6.45, 7) is 11.8. The maximum atomic E-state index is 12.0. The van der Waals surface area contributed by atoms with Gasteiger partial charge in [-0.3, -0.25) is 0 Å². The summed E-state index contributed by atoms with van der Waals surface area (Å²) in [5, 5.41) is 2.71. The van der Waals surface area contributed by atoms with Crippen LogP contribution >= 0.6 is 15.9 Å². The first-order chi connectivity index (χ1) is 11.8. The molecule has 1 N–H and O–H groups in total. The summed E-state index contributed by atoms with van der Waals surface area (Å²) in [7, 11) is 1.79. The van der Waals surface area contributed by atoms with Crippen LogP contribution in [-0.4, -0.2) is 39.1 Å². The number of aryl methyl sites for hydroxylation is 1. The predicted octanol–water partition coefficient (Wildman–Crippen LogP) is 3.34. The first-order valence-electron chi connectivity index (χ1n) is 8.45. The van der Waals surface area contributed by atoms with E-state index in [1.165, 1.54) is 0 Å². The van der Waals surface area contributed by atoms with Crippen LogP contribution in [0.5, 0.6) is 0 Å². The summed E-state index contributed by atoms with van der Waals surface area (Å²) >= 11 is 3.42. The molecule has 148 valence electrons. The summed E-state index contributed by atoms with van der Waals surface area (Å²) in [6, 6.07) is 0. The van der Waals surface area contributed by atoms with Crippen molar-refractivity contribution >= 4 is 28.1 Å². The molecule has 0 aliphatic rings. The molecule has 0 fully saturated rings. The van der Waals surface area contributed by atoms with E-state index in [0.717, 1.165) is 4.60 Å². The molecular weight excluding hydrogens is 404 g/mol. The van der Waals surface area contributed by atoms with Crippen molar-refractivity contribution in [3.8, 4) is 0 Å². The van der Waals surface area contributed by atoms with Crippen LogP contribution < -0.4 is 10.9 Å². The molecule has 9 heteroatoms. The zero-order valence-corrected chi connectivity index (χ0v) is 18.1. The van der Waals surface area contributed by atoms with E-state index in [2.05, 4.69) is 26.2 Å². The van der Waals surface area contributed by atoms with Crippen LogP contribution in [0, 0.1) is 0 Å². The van der Waals surface area contributed by atoms with E-state index in [4.69, 9.17) is 9.47 Å². The second-order valence-electron chi connectivity index (χ2n) is 7.88. The zero-order valence-electron chi connectivity index (χ0n) is 16.6. The van der Waals surface area contributed by atoms with E-state index < -0.39 is 23.4 Å². The van der Waals surface area contributed by atoms with Crippen molar-refractivity contribution in [1.29, 1.82) is 0 Å². The van der Waals surface area contributed by atoms with Crippen LogP contribution in [0.15, 0.2) is 15.8 Å². The quantitative estimate of drug-likeness (QED) is 0.738. The molecule has 1 aromatic heterocycles. The number of nitrogens with one attached hydrogen (secondary N) is 1. The Kier molecular flexibility index (Phi) is 7.49. The largest absolute Gasteiger partial charge is 0.444 e. The maximum Gasteiger partial charge on any atom is 0.437 e. The van der Waals surface area contributed by atoms with Crippen LogP contribution in [0.1, 0.15) is 48.0 Å². The molecule has 0 atom stereocenters. The maximum absolute atomic E-state index is 12.0. The van der Waals surface area contributed by atoms with Crippen molar-refractivity contribution in [1.82, 2.24) is 14.5 Å². The fourth-order valence-corrected chi connectivity index (χ4v) is 2.39. The second-order valence-corrected chi connectivity index (χ2v) is 8.69. The number of rotatable bonds is 4. The van der Waals surface area contributed by atoms with Gasteiger partial charge in [0, 0.05) is 26.3 Å². The van der Waals surface area contributed by atoms with Gasteiger partial charge in [-0.25, -0.2) is 9.59 Å². The van der Waals surface area contributed by atoms with Crippen LogP contribution in [0.3, 0.4) is 0 Å². The van der Waals surface area contributed by atoms with Crippen molar-refractivity contribution in [2.24, 2.45) is 12.0 Å². The first-order valence-corrected chi connectivity index (χ1v) is 9.24. The Bertz CT molecular complexity index is 708. The average Bonchev–Trinajstić information content (AvgIpc) is 2.67. The number of alkyl carbamates (subject to hydrolysis) is 1. The van der Waals surface area contributed by atoms with E-state index in [9.17, 15) is 9.59 Å². The second kappa shape index (κ2) is 8.75. The average molecular weight is 433 g/mol. The highest BCUT2D eigenvalue weighted by atomic mass is 79.9. The Hall–Kier alpha value is -1.77. The van der Waals surface area contributed by atoms with Crippen molar-refractivity contribution < 1.29 is 19.1 Å². The topological polar surface area (TPSA) is 86.9 Å². The van der Waals surface area contributed by atoms with Crippen LogP contribution in [0.4, 0.5) is 9.59 Å². The van der Waals surface area contributed by atoms with Crippen molar-refractivity contribution in [3.63, 3.8) is 0 Å². The summed E-state index contributed by atoms with van der Waals surface area (Å²) in [6.07, 6.45) is 1.38. The molecule has 1 rings (SSSR count). The number of carbonyl (C=O) groups excluding carboxylic acids is 2. The lowest BCUT2D eigenvalue weighted by Crippen LogP contribution is -2.34. The van der Waals surface area contributed by atoms with E-state index in [1.54, 1.807) is 32.4 Å². The van der Waals surface area contributed by atoms with E-state index in [0.29, 0.717) is 25.1 Å². The Morgan fingerprint density at radius 3 is 2.27 bits per heavy atom. The number of hydrogen-bond acceptors (Lipinski definition) is 4. The van der Waals surface area contributed by atoms with E-state index in [-0.39, 0.29) is 0 Å². The molecule has 1 aromatic rings. The minimum atomic E-state index is -0.646. The number of halogens is 1. The van der Waals surface area contributed by atoms with Crippen molar-refractivity contribution in [2.75, 3.05) is 6.54 Å². The molecule has 8 nitrogen and oxygen atoms in total. The predicted molar refractivity (Wildman–Crippen MR) is 102 cm³/mol. The van der Waals surface area contributed by atoms with Gasteiger partial charge in [0.15, 0.2) is 0 Å². The molecule has 0 spiro atoms. The number of aromatic nitrogens is 2. The molecule has 2 amide bonds. The summed E-state index contributed by atoms with van der Waals surface area (Å²) in [5.74, 6) is 0. The molecule has 26 heavy (non-hydrogen) atoms. The van der Waals surface area contributed by atoms with Crippen molar-refractivity contribution in [2.45, 2.75) is 65.7 Å². The van der Waals surface area contributed by atoms with Crippen LogP contribution in [0.2, 0.25) is 0 Å². The Morgan fingerprint density at radius 2 is 1.73 bits per heavy atom. The summed E-state index contributed by atoms with van der Waals surface area (Å²) in [5.41, 5.74) is -0.670.